The molecule has 0 saturated carbocycles. The van der Waals surface area contributed by atoms with Gasteiger partial charge in [-0.1, -0.05) is 38.4 Å². The fraction of sp³-hybridized carbons (Fsp3) is 0.348. The normalized spacial score (nSPS) is 12.0. The van der Waals surface area contributed by atoms with Gasteiger partial charge in [0.15, 0.2) is 11.5 Å². The number of halogens is 2. The molecule has 0 spiro atoms. The number of hydrogen-bond donors (Lipinski definition) is 2. The van der Waals surface area contributed by atoms with Gasteiger partial charge in [0.05, 0.1) is 23.5 Å². The van der Waals surface area contributed by atoms with E-state index in [4.69, 9.17) is 21.1 Å². The van der Waals surface area contributed by atoms with Crippen molar-refractivity contribution in [2.75, 3.05) is 13.7 Å². The predicted octanol–water partition coefficient (Wildman–Crippen LogP) is 4.65. The Morgan fingerprint density at radius 2 is 2.00 bits per heavy atom. The van der Waals surface area contributed by atoms with Crippen LogP contribution in [0.2, 0.25) is 5.02 Å². The summed E-state index contributed by atoms with van der Waals surface area (Å²) in [5.74, 6) is 0.319. The van der Waals surface area contributed by atoms with Crippen molar-refractivity contribution in [2.24, 2.45) is 11.0 Å². The van der Waals surface area contributed by atoms with E-state index in [2.05, 4.69) is 38.4 Å². The van der Waals surface area contributed by atoms with Gasteiger partial charge >= 0.3 is 0 Å². The van der Waals surface area contributed by atoms with Crippen LogP contribution in [0.5, 0.6) is 11.5 Å². The lowest BCUT2D eigenvalue weighted by Crippen LogP contribution is -2.48. The number of ether oxygens (including phenoxy) is 2. The molecule has 0 aliphatic rings. The van der Waals surface area contributed by atoms with Crippen LogP contribution in [0.15, 0.2) is 41.5 Å². The molecule has 9 heteroatoms. The standard InChI is InChI=1S/C23H27ClIN3O4/c1-5-9-32-21-18(25)10-15(11-19(21)31-4)13-26-28-23(30)20(14(2)3)27-22(29)16-7-6-8-17(24)12-16/h6-8,10-14,20H,5,9H2,1-4H3,(H,27,29)(H,28,30)/b26-13+. The molecule has 0 fully saturated rings. The summed E-state index contributed by atoms with van der Waals surface area (Å²) < 4.78 is 12.0. The molecule has 2 rings (SSSR count). The molecule has 1 unspecified atom stereocenters. The van der Waals surface area contributed by atoms with Crippen LogP contribution >= 0.6 is 34.2 Å². The second-order valence-corrected chi connectivity index (χ2v) is 8.92. The first-order valence-electron chi connectivity index (χ1n) is 10.2. The van der Waals surface area contributed by atoms with Crippen molar-refractivity contribution in [2.45, 2.75) is 33.2 Å². The van der Waals surface area contributed by atoms with Crippen LogP contribution in [0.4, 0.5) is 0 Å². The quantitative estimate of drug-likeness (QED) is 0.247. The third kappa shape index (κ3) is 7.37. The largest absolute Gasteiger partial charge is 0.493 e. The summed E-state index contributed by atoms with van der Waals surface area (Å²) in [6.45, 7) is 6.31. The van der Waals surface area contributed by atoms with Gasteiger partial charge in [0.2, 0.25) is 0 Å². The zero-order chi connectivity index (χ0) is 23.7. The number of nitrogens with zero attached hydrogens (tertiary/aromatic N) is 1. The number of nitrogens with one attached hydrogen (secondary N) is 2. The molecular weight excluding hydrogens is 545 g/mol. The minimum absolute atomic E-state index is 0.149. The zero-order valence-corrected chi connectivity index (χ0v) is 21.4. The van der Waals surface area contributed by atoms with Crippen molar-refractivity contribution in [3.63, 3.8) is 0 Å². The number of amides is 2. The average molecular weight is 572 g/mol. The van der Waals surface area contributed by atoms with E-state index in [1.807, 2.05) is 26.8 Å². The Labute approximate surface area is 207 Å². The van der Waals surface area contributed by atoms with E-state index in [-0.39, 0.29) is 11.8 Å². The van der Waals surface area contributed by atoms with E-state index in [0.29, 0.717) is 28.7 Å². The van der Waals surface area contributed by atoms with Crippen molar-refractivity contribution >= 4 is 52.2 Å². The summed E-state index contributed by atoms with van der Waals surface area (Å²) in [4.78, 5) is 25.2. The lowest BCUT2D eigenvalue weighted by atomic mass is 10.0. The second kappa shape index (κ2) is 12.6. The summed E-state index contributed by atoms with van der Waals surface area (Å²) in [7, 11) is 1.57. The average Bonchev–Trinajstić information content (AvgIpc) is 2.75. The third-order valence-corrected chi connectivity index (χ3v) is 5.45. The monoisotopic (exact) mass is 571 g/mol. The van der Waals surface area contributed by atoms with E-state index >= 15 is 0 Å². The lowest BCUT2D eigenvalue weighted by molar-refractivity contribution is -0.123. The molecule has 32 heavy (non-hydrogen) atoms. The molecule has 1 atom stereocenters. The minimum Gasteiger partial charge on any atom is -0.493 e. The molecule has 2 aromatic carbocycles. The molecule has 2 N–H and O–H groups in total. The smallest absolute Gasteiger partial charge is 0.262 e. The maximum Gasteiger partial charge on any atom is 0.262 e. The second-order valence-electron chi connectivity index (χ2n) is 7.32. The number of carbonyl (C=O) groups excluding carboxylic acids is 2. The maximum atomic E-state index is 12.7. The van der Waals surface area contributed by atoms with Crippen LogP contribution in [-0.4, -0.2) is 37.8 Å². The van der Waals surface area contributed by atoms with Crippen LogP contribution in [0, 0.1) is 9.49 Å². The van der Waals surface area contributed by atoms with E-state index < -0.39 is 11.9 Å². The molecule has 2 amide bonds. The predicted molar refractivity (Wildman–Crippen MR) is 135 cm³/mol. The van der Waals surface area contributed by atoms with Gasteiger partial charge in [0, 0.05) is 10.6 Å². The fourth-order valence-electron chi connectivity index (χ4n) is 2.79. The molecule has 0 aliphatic carbocycles. The summed E-state index contributed by atoms with van der Waals surface area (Å²) in [5.41, 5.74) is 3.62. The van der Waals surface area contributed by atoms with Crippen LogP contribution in [0.3, 0.4) is 0 Å². The Hall–Kier alpha value is -2.33. The Balaban J connectivity index is 2.08. The van der Waals surface area contributed by atoms with Gasteiger partial charge in [0.1, 0.15) is 6.04 Å². The molecule has 0 aromatic heterocycles. The summed E-state index contributed by atoms with van der Waals surface area (Å²) in [6.07, 6.45) is 2.40. The maximum absolute atomic E-state index is 12.7. The first-order chi connectivity index (χ1) is 15.3. The van der Waals surface area contributed by atoms with Gasteiger partial charge < -0.3 is 14.8 Å². The third-order valence-electron chi connectivity index (χ3n) is 4.41. The molecule has 7 nitrogen and oxygen atoms in total. The molecule has 0 saturated heterocycles. The van der Waals surface area contributed by atoms with E-state index in [1.54, 1.807) is 37.4 Å². The molecule has 0 radical (unpaired) electrons. The highest BCUT2D eigenvalue weighted by atomic mass is 127. The highest BCUT2D eigenvalue weighted by Gasteiger charge is 2.24. The number of hydrogen-bond acceptors (Lipinski definition) is 5. The number of rotatable bonds is 10. The van der Waals surface area contributed by atoms with Gasteiger partial charge in [-0.05, 0) is 70.8 Å². The summed E-state index contributed by atoms with van der Waals surface area (Å²) in [5, 5.41) is 7.24. The molecule has 0 bridgehead atoms. The molecule has 172 valence electrons. The van der Waals surface area contributed by atoms with Gasteiger partial charge in [-0.15, -0.1) is 0 Å². The first-order valence-corrected chi connectivity index (χ1v) is 11.6. The van der Waals surface area contributed by atoms with Crippen LogP contribution in [0.25, 0.3) is 0 Å². The first kappa shape index (κ1) is 25.9. The fourth-order valence-corrected chi connectivity index (χ4v) is 3.76. The van der Waals surface area contributed by atoms with E-state index in [1.165, 1.54) is 6.21 Å². The number of carbonyl (C=O) groups is 2. The Morgan fingerprint density at radius 1 is 1.25 bits per heavy atom. The summed E-state index contributed by atoms with van der Waals surface area (Å²) in [6, 6.07) is 9.44. The Morgan fingerprint density at radius 3 is 2.62 bits per heavy atom. The number of hydrazone groups is 1. The SMILES string of the molecule is CCCOc1c(I)cc(/C=N/NC(=O)C(NC(=O)c2cccc(Cl)c2)C(C)C)cc1OC. The highest BCUT2D eigenvalue weighted by molar-refractivity contribution is 14.1. The molecule has 0 heterocycles. The van der Waals surface area contributed by atoms with Crippen molar-refractivity contribution in [1.82, 2.24) is 10.7 Å². The van der Waals surface area contributed by atoms with Gasteiger partial charge in [-0.2, -0.15) is 5.10 Å². The molecular formula is C23H27ClIN3O4. The van der Waals surface area contributed by atoms with Crippen molar-refractivity contribution in [1.29, 1.82) is 0 Å². The molecule has 0 aliphatic heterocycles. The lowest BCUT2D eigenvalue weighted by Gasteiger charge is -2.20. The Kier molecular flexibility index (Phi) is 10.2. The van der Waals surface area contributed by atoms with Crippen molar-refractivity contribution < 1.29 is 19.1 Å². The van der Waals surface area contributed by atoms with E-state index in [0.717, 1.165) is 15.6 Å². The zero-order valence-electron chi connectivity index (χ0n) is 18.4. The van der Waals surface area contributed by atoms with Gasteiger partial charge in [0.25, 0.3) is 11.8 Å². The number of methoxy groups -OCH3 is 1. The van der Waals surface area contributed by atoms with E-state index in [9.17, 15) is 9.59 Å². The topological polar surface area (TPSA) is 89.0 Å². The van der Waals surface area contributed by atoms with Gasteiger partial charge in [-0.25, -0.2) is 5.43 Å². The highest BCUT2D eigenvalue weighted by Crippen LogP contribution is 2.33. The van der Waals surface area contributed by atoms with Gasteiger partial charge in [-0.3, -0.25) is 9.59 Å². The van der Waals surface area contributed by atoms with Crippen LogP contribution in [0.1, 0.15) is 43.1 Å². The van der Waals surface area contributed by atoms with Crippen molar-refractivity contribution in [3.05, 3.63) is 56.1 Å². The Bertz CT molecular complexity index is 982. The number of benzene rings is 2. The van der Waals surface area contributed by atoms with Crippen LogP contribution < -0.4 is 20.2 Å². The minimum atomic E-state index is -0.766. The summed E-state index contributed by atoms with van der Waals surface area (Å²) >= 11 is 8.12. The molecule has 2 aromatic rings. The van der Waals surface area contributed by atoms with Crippen molar-refractivity contribution in [3.8, 4) is 11.5 Å². The van der Waals surface area contributed by atoms with Crippen LogP contribution in [-0.2, 0) is 4.79 Å².